The van der Waals surface area contributed by atoms with E-state index in [0.29, 0.717) is 21.6 Å². The maximum atomic E-state index is 12.6. The molecule has 1 aliphatic heterocycles. The highest BCUT2D eigenvalue weighted by molar-refractivity contribution is 6.01. The van der Waals surface area contributed by atoms with Crippen molar-refractivity contribution in [2.75, 3.05) is 13.3 Å². The van der Waals surface area contributed by atoms with Crippen LogP contribution in [-0.2, 0) is 24.0 Å². The summed E-state index contributed by atoms with van der Waals surface area (Å²) in [4.78, 5) is 64.3. The normalized spacial score (nSPS) is 14.9. The molecule has 0 aliphatic carbocycles. The first kappa shape index (κ1) is 26.2. The van der Waals surface area contributed by atoms with Crippen molar-refractivity contribution in [1.82, 2.24) is 15.7 Å². The average Bonchev–Trinajstić information content (AvgIpc) is 3.13. The molecule has 3 rings (SSSR count). The fourth-order valence-corrected chi connectivity index (χ4v) is 3.53. The van der Waals surface area contributed by atoms with Crippen molar-refractivity contribution in [3.8, 4) is 0 Å². The van der Waals surface area contributed by atoms with Gasteiger partial charge in [0.15, 0.2) is 12.7 Å². The van der Waals surface area contributed by atoms with Crippen LogP contribution >= 0.6 is 0 Å². The van der Waals surface area contributed by atoms with Crippen molar-refractivity contribution in [3.63, 3.8) is 0 Å². The Kier molecular flexibility index (Phi) is 8.25. The maximum Gasteiger partial charge on any atom is 0.432 e. The Bertz CT molecular complexity index is 1240. The number of hydrogen-bond acceptors (Lipinski definition) is 9. The van der Waals surface area contributed by atoms with Crippen molar-refractivity contribution in [3.05, 3.63) is 45.8 Å². The summed E-state index contributed by atoms with van der Waals surface area (Å²) >= 11 is 0. The molecule has 1 saturated heterocycles. The van der Waals surface area contributed by atoms with Crippen LogP contribution in [0.15, 0.2) is 33.5 Å². The standard InChI is InChI=1S/C23H27N5O8/c1-12(7-20(31)34-11-27-22(24)25)16-8-15-4-3-14(9-17(15)35-21(16)32)13(2)10-26-23(33)36-28-18(29)5-6-19(28)30/h3-4,8-9,12-13H,5-7,10-11H2,1-2H3,(H,26,33)(H4,24,25,27). The summed E-state index contributed by atoms with van der Waals surface area (Å²) in [6, 6.07) is 6.90. The Balaban J connectivity index is 1.61. The van der Waals surface area contributed by atoms with Gasteiger partial charge in [0.1, 0.15) is 5.58 Å². The Morgan fingerprint density at radius 1 is 1.11 bits per heavy atom. The van der Waals surface area contributed by atoms with E-state index in [2.05, 4.69) is 10.6 Å². The lowest BCUT2D eigenvalue weighted by Gasteiger charge is -2.16. The smallest absolute Gasteiger partial charge is 0.432 e. The summed E-state index contributed by atoms with van der Waals surface area (Å²) < 4.78 is 10.4. The summed E-state index contributed by atoms with van der Waals surface area (Å²) in [6.07, 6.45) is -0.976. The molecule has 0 spiro atoms. The molecule has 192 valence electrons. The van der Waals surface area contributed by atoms with Crippen LogP contribution in [0.2, 0.25) is 0 Å². The molecule has 13 heteroatoms. The van der Waals surface area contributed by atoms with Crippen molar-refractivity contribution < 1.29 is 33.2 Å². The number of rotatable bonds is 9. The number of guanidine groups is 1. The Hall–Kier alpha value is -4.42. The zero-order valence-electron chi connectivity index (χ0n) is 19.8. The van der Waals surface area contributed by atoms with Crippen LogP contribution in [0, 0.1) is 5.41 Å². The lowest BCUT2D eigenvalue weighted by atomic mass is 9.96. The highest BCUT2D eigenvalue weighted by atomic mass is 16.7. The SMILES string of the molecule is CC(CNC(=O)ON1C(=O)CCC1=O)c1ccc2cc(C(C)CC(=O)OCNC(=N)N)c(=O)oc2c1. The van der Waals surface area contributed by atoms with E-state index in [0.717, 1.165) is 5.56 Å². The topological polar surface area (TPSA) is 194 Å². The van der Waals surface area contributed by atoms with Gasteiger partial charge in [0.05, 0.1) is 6.42 Å². The van der Waals surface area contributed by atoms with Crippen molar-refractivity contribution >= 4 is 40.8 Å². The van der Waals surface area contributed by atoms with Gasteiger partial charge in [0.25, 0.3) is 11.8 Å². The molecule has 2 unspecified atom stereocenters. The van der Waals surface area contributed by atoms with Crippen molar-refractivity contribution in [1.29, 1.82) is 5.41 Å². The molecule has 1 aromatic heterocycles. The zero-order valence-corrected chi connectivity index (χ0v) is 19.8. The third-order valence-corrected chi connectivity index (χ3v) is 5.59. The number of nitrogens with two attached hydrogens (primary N) is 1. The number of carbonyl (C=O) groups is 4. The van der Waals surface area contributed by atoms with Gasteiger partial charge in [-0.2, -0.15) is 0 Å². The predicted octanol–water partition coefficient (Wildman–Crippen LogP) is 1.16. The highest BCUT2D eigenvalue weighted by Gasteiger charge is 2.32. The molecule has 13 nitrogen and oxygen atoms in total. The van der Waals surface area contributed by atoms with Gasteiger partial charge in [-0.05, 0) is 29.5 Å². The molecule has 36 heavy (non-hydrogen) atoms. The molecule has 2 atom stereocenters. The van der Waals surface area contributed by atoms with Gasteiger partial charge in [-0.15, -0.1) is 5.06 Å². The van der Waals surface area contributed by atoms with Crippen LogP contribution in [0.3, 0.4) is 0 Å². The molecule has 3 amide bonds. The molecular formula is C23H27N5O8. The zero-order chi connectivity index (χ0) is 26.4. The van der Waals surface area contributed by atoms with E-state index in [1.165, 1.54) is 0 Å². The lowest BCUT2D eigenvalue weighted by Crippen LogP contribution is -2.38. The number of imide groups is 1. The summed E-state index contributed by atoms with van der Waals surface area (Å²) in [5.74, 6) is -2.71. The van der Waals surface area contributed by atoms with Gasteiger partial charge in [-0.25, -0.2) is 9.59 Å². The van der Waals surface area contributed by atoms with E-state index >= 15 is 0 Å². The third-order valence-electron chi connectivity index (χ3n) is 5.59. The van der Waals surface area contributed by atoms with Gasteiger partial charge in [-0.3, -0.25) is 19.8 Å². The average molecular weight is 501 g/mol. The molecule has 2 heterocycles. The van der Waals surface area contributed by atoms with Gasteiger partial charge < -0.3 is 30.4 Å². The number of ether oxygens (including phenoxy) is 1. The summed E-state index contributed by atoms with van der Waals surface area (Å²) in [5.41, 5.74) is 5.95. The molecule has 0 bridgehead atoms. The monoisotopic (exact) mass is 501 g/mol. The van der Waals surface area contributed by atoms with E-state index in [1.807, 2.05) is 13.0 Å². The van der Waals surface area contributed by atoms with Gasteiger partial charge >= 0.3 is 17.7 Å². The Morgan fingerprint density at radius 3 is 2.47 bits per heavy atom. The number of hydroxylamine groups is 2. The number of nitrogens with zero attached hydrogens (tertiary/aromatic N) is 1. The number of nitrogens with one attached hydrogen (secondary N) is 3. The molecule has 2 aromatic rings. The second-order valence-electron chi connectivity index (χ2n) is 8.39. The van der Waals surface area contributed by atoms with Crippen LogP contribution in [0.1, 0.15) is 56.1 Å². The molecule has 1 aromatic carbocycles. The predicted molar refractivity (Wildman–Crippen MR) is 126 cm³/mol. The number of benzene rings is 1. The summed E-state index contributed by atoms with van der Waals surface area (Å²) in [6.45, 7) is 3.42. The first-order valence-electron chi connectivity index (χ1n) is 11.2. The number of esters is 1. The van der Waals surface area contributed by atoms with E-state index in [1.54, 1.807) is 25.1 Å². The summed E-state index contributed by atoms with van der Waals surface area (Å²) in [5, 5.41) is 13.0. The lowest BCUT2D eigenvalue weighted by molar-refractivity contribution is -0.171. The molecule has 1 fully saturated rings. The fourth-order valence-electron chi connectivity index (χ4n) is 3.53. The van der Waals surface area contributed by atoms with Crippen molar-refractivity contribution in [2.24, 2.45) is 5.73 Å². The molecule has 0 saturated carbocycles. The largest absolute Gasteiger partial charge is 0.444 e. The second-order valence-corrected chi connectivity index (χ2v) is 8.39. The van der Waals surface area contributed by atoms with E-state index in [4.69, 9.17) is 25.1 Å². The van der Waals surface area contributed by atoms with Gasteiger partial charge in [-0.1, -0.05) is 26.0 Å². The van der Waals surface area contributed by atoms with Gasteiger partial charge in [0, 0.05) is 30.3 Å². The Morgan fingerprint density at radius 2 is 1.81 bits per heavy atom. The van der Waals surface area contributed by atoms with Crippen LogP contribution < -0.4 is 22.0 Å². The van der Waals surface area contributed by atoms with E-state index in [-0.39, 0.29) is 44.4 Å². The minimum Gasteiger partial charge on any atom is -0.444 e. The van der Waals surface area contributed by atoms with E-state index in [9.17, 15) is 24.0 Å². The fraction of sp³-hybridized carbons (Fsp3) is 0.391. The maximum absolute atomic E-state index is 12.6. The van der Waals surface area contributed by atoms with Crippen LogP contribution in [0.25, 0.3) is 11.0 Å². The van der Waals surface area contributed by atoms with Crippen LogP contribution in [0.5, 0.6) is 0 Å². The first-order chi connectivity index (χ1) is 17.0. The molecule has 1 aliphatic rings. The van der Waals surface area contributed by atoms with Gasteiger partial charge in [0.2, 0.25) is 0 Å². The minimum absolute atomic E-state index is 0.00793. The van der Waals surface area contributed by atoms with Crippen LogP contribution in [-0.4, -0.2) is 48.2 Å². The first-order valence-corrected chi connectivity index (χ1v) is 11.2. The summed E-state index contributed by atoms with van der Waals surface area (Å²) in [7, 11) is 0. The molecular weight excluding hydrogens is 474 g/mol. The molecule has 0 radical (unpaired) electrons. The minimum atomic E-state index is -0.924. The highest BCUT2D eigenvalue weighted by Crippen LogP contribution is 2.24. The quantitative estimate of drug-likeness (QED) is 0.0967. The number of hydrogen-bond donors (Lipinski definition) is 4. The third kappa shape index (κ3) is 6.58. The van der Waals surface area contributed by atoms with E-state index < -0.39 is 35.4 Å². The Labute approximate surface area is 205 Å². The van der Waals surface area contributed by atoms with Crippen LogP contribution in [0.4, 0.5) is 4.79 Å². The number of amides is 3. The molecule has 5 N–H and O–H groups in total. The second kappa shape index (κ2) is 11.3. The number of carbonyl (C=O) groups excluding carboxylic acids is 4. The van der Waals surface area contributed by atoms with Crippen molar-refractivity contribution in [2.45, 2.75) is 44.9 Å². The number of fused-ring (bicyclic) bond motifs is 1.